The van der Waals surface area contributed by atoms with Crippen molar-refractivity contribution in [2.45, 2.75) is 63.7 Å². The Labute approximate surface area is 199 Å². The van der Waals surface area contributed by atoms with Crippen molar-refractivity contribution >= 4 is 36.3 Å². The van der Waals surface area contributed by atoms with Crippen LogP contribution in [0.15, 0.2) is 30.3 Å². The molecule has 0 radical (unpaired) electrons. The molecule has 0 aliphatic carbocycles. The minimum Gasteiger partial charge on any atom is -0.480 e. The fourth-order valence-corrected chi connectivity index (χ4v) is 4.04. The zero-order valence-corrected chi connectivity index (χ0v) is 20.0. The number of carboxylic acid groups (broad SMARTS) is 1. The Morgan fingerprint density at radius 3 is 2.39 bits per heavy atom. The fourth-order valence-electron chi connectivity index (χ4n) is 3.88. The average molecular weight is 479 g/mol. The van der Waals surface area contributed by atoms with E-state index in [1.54, 1.807) is 24.3 Å². The van der Waals surface area contributed by atoms with Crippen LogP contribution in [0, 0.1) is 5.92 Å². The highest BCUT2D eigenvalue weighted by atomic mass is 32.1. The van der Waals surface area contributed by atoms with E-state index in [0.717, 1.165) is 5.56 Å². The van der Waals surface area contributed by atoms with E-state index < -0.39 is 42.0 Å². The average Bonchev–Trinajstić information content (AvgIpc) is 3.27. The summed E-state index contributed by atoms with van der Waals surface area (Å²) in [6, 6.07) is 5.45. The van der Waals surface area contributed by atoms with Gasteiger partial charge >= 0.3 is 5.97 Å². The van der Waals surface area contributed by atoms with Crippen LogP contribution in [0.25, 0.3) is 0 Å². The Hall–Kier alpha value is -2.59. The normalized spacial score (nSPS) is 18.5. The van der Waals surface area contributed by atoms with Gasteiger partial charge in [-0.1, -0.05) is 44.2 Å². The maximum Gasteiger partial charge on any atom is 0.326 e. The van der Waals surface area contributed by atoms with Crippen LogP contribution in [0.4, 0.5) is 0 Å². The molecule has 182 valence electrons. The van der Waals surface area contributed by atoms with E-state index in [0.29, 0.717) is 25.8 Å². The Balaban J connectivity index is 2.12. The van der Waals surface area contributed by atoms with Crippen LogP contribution in [0.3, 0.4) is 0 Å². The first kappa shape index (κ1) is 26.7. The lowest BCUT2D eigenvalue weighted by Gasteiger charge is -2.30. The molecule has 1 aliphatic heterocycles. The van der Waals surface area contributed by atoms with Gasteiger partial charge in [0, 0.05) is 18.7 Å². The van der Waals surface area contributed by atoms with Crippen molar-refractivity contribution in [2.24, 2.45) is 11.7 Å². The third kappa shape index (κ3) is 7.75. The maximum atomic E-state index is 13.3. The zero-order chi connectivity index (χ0) is 24.5. The van der Waals surface area contributed by atoms with E-state index in [1.807, 2.05) is 19.9 Å². The van der Waals surface area contributed by atoms with Crippen molar-refractivity contribution in [1.29, 1.82) is 0 Å². The quantitative estimate of drug-likeness (QED) is 0.295. The molecule has 0 spiro atoms. The molecule has 0 bridgehead atoms. The Bertz CT molecular complexity index is 835. The molecule has 4 unspecified atom stereocenters. The van der Waals surface area contributed by atoms with Gasteiger partial charge in [0.1, 0.15) is 18.1 Å². The minimum atomic E-state index is -1.14. The topological polar surface area (TPSA) is 142 Å². The number of nitrogens with one attached hydrogen (secondary N) is 2. The highest BCUT2D eigenvalue weighted by molar-refractivity contribution is 7.80. The molecule has 3 amide bonds. The lowest BCUT2D eigenvalue weighted by Crippen LogP contribution is -2.57. The van der Waals surface area contributed by atoms with E-state index in [4.69, 9.17) is 5.73 Å². The largest absolute Gasteiger partial charge is 0.480 e. The number of amides is 3. The third-order valence-corrected chi connectivity index (χ3v) is 5.98. The summed E-state index contributed by atoms with van der Waals surface area (Å²) in [4.78, 5) is 51.8. The molecular weight excluding hydrogens is 444 g/mol. The highest BCUT2D eigenvalue weighted by Gasteiger charge is 2.39. The Kier molecular flexibility index (Phi) is 10.2. The molecule has 9 nitrogen and oxygen atoms in total. The van der Waals surface area contributed by atoms with Gasteiger partial charge in [-0.05, 0) is 30.7 Å². The Morgan fingerprint density at radius 1 is 1.15 bits per heavy atom. The van der Waals surface area contributed by atoms with Crippen LogP contribution >= 0.6 is 12.6 Å². The van der Waals surface area contributed by atoms with Crippen molar-refractivity contribution in [3.8, 4) is 0 Å². The maximum absolute atomic E-state index is 13.3. The SMILES string of the molecule is CC(C)CC(NC(=O)C(N)CS)C(=O)N1CCCC1C(=O)NC(Cc1ccccc1)C(=O)O. The van der Waals surface area contributed by atoms with Crippen LogP contribution in [-0.4, -0.2) is 70.2 Å². The molecule has 5 N–H and O–H groups in total. The van der Waals surface area contributed by atoms with E-state index >= 15 is 0 Å². The first-order valence-corrected chi connectivity index (χ1v) is 11.8. The third-order valence-electron chi connectivity index (χ3n) is 5.59. The number of thiol groups is 1. The molecule has 1 saturated heterocycles. The number of hydrogen-bond donors (Lipinski definition) is 5. The number of nitrogens with two attached hydrogens (primary N) is 1. The number of carbonyl (C=O) groups excluding carboxylic acids is 3. The van der Waals surface area contributed by atoms with Gasteiger partial charge < -0.3 is 26.4 Å². The molecule has 10 heteroatoms. The smallest absolute Gasteiger partial charge is 0.326 e. The summed E-state index contributed by atoms with van der Waals surface area (Å²) < 4.78 is 0. The molecule has 1 aliphatic rings. The van der Waals surface area contributed by atoms with Gasteiger partial charge in [0.05, 0.1) is 6.04 Å². The van der Waals surface area contributed by atoms with Gasteiger partial charge in [-0.3, -0.25) is 14.4 Å². The van der Waals surface area contributed by atoms with Crippen LogP contribution < -0.4 is 16.4 Å². The monoisotopic (exact) mass is 478 g/mol. The number of aliphatic carboxylic acids is 1. The predicted octanol–water partition coefficient (Wildman–Crippen LogP) is 0.578. The van der Waals surface area contributed by atoms with E-state index in [2.05, 4.69) is 23.3 Å². The molecule has 0 aromatic heterocycles. The molecule has 1 heterocycles. The summed E-state index contributed by atoms with van der Waals surface area (Å²) in [5, 5.41) is 14.9. The summed E-state index contributed by atoms with van der Waals surface area (Å²) in [5.74, 6) is -2.24. The van der Waals surface area contributed by atoms with Gasteiger partial charge in [-0.2, -0.15) is 12.6 Å². The summed E-state index contributed by atoms with van der Waals surface area (Å²) in [6.07, 6.45) is 1.56. The molecule has 1 aromatic rings. The van der Waals surface area contributed by atoms with Crippen molar-refractivity contribution in [1.82, 2.24) is 15.5 Å². The highest BCUT2D eigenvalue weighted by Crippen LogP contribution is 2.21. The van der Waals surface area contributed by atoms with Crippen molar-refractivity contribution in [2.75, 3.05) is 12.3 Å². The van der Waals surface area contributed by atoms with Crippen LogP contribution in [0.2, 0.25) is 0 Å². The number of carbonyl (C=O) groups is 4. The van der Waals surface area contributed by atoms with Crippen molar-refractivity contribution < 1.29 is 24.3 Å². The van der Waals surface area contributed by atoms with Gasteiger partial charge in [0.2, 0.25) is 17.7 Å². The van der Waals surface area contributed by atoms with Crippen LogP contribution in [-0.2, 0) is 25.6 Å². The molecule has 33 heavy (non-hydrogen) atoms. The number of rotatable bonds is 11. The van der Waals surface area contributed by atoms with Crippen LogP contribution in [0.5, 0.6) is 0 Å². The summed E-state index contributed by atoms with van der Waals surface area (Å²) in [7, 11) is 0. The van der Waals surface area contributed by atoms with Crippen molar-refractivity contribution in [3.05, 3.63) is 35.9 Å². The molecule has 0 saturated carbocycles. The zero-order valence-electron chi connectivity index (χ0n) is 19.1. The number of carboxylic acids is 1. The lowest BCUT2D eigenvalue weighted by molar-refractivity contribution is -0.145. The van der Waals surface area contributed by atoms with Gasteiger partial charge in [0.25, 0.3) is 0 Å². The molecule has 1 fully saturated rings. The Morgan fingerprint density at radius 2 is 1.82 bits per heavy atom. The summed E-state index contributed by atoms with van der Waals surface area (Å²) in [6.45, 7) is 4.22. The summed E-state index contributed by atoms with van der Waals surface area (Å²) in [5.41, 5.74) is 6.52. The standard InChI is InChI=1S/C23H34N4O5S/c1-14(2)11-17(25-20(28)16(24)13-33)22(30)27-10-6-9-19(27)21(29)26-18(23(31)32)12-15-7-4-3-5-8-15/h3-5,7-8,14,16-19,33H,6,9-13,24H2,1-2H3,(H,25,28)(H,26,29)(H,31,32). The van der Waals surface area contributed by atoms with Crippen molar-refractivity contribution in [3.63, 3.8) is 0 Å². The number of hydrogen-bond acceptors (Lipinski definition) is 6. The van der Waals surface area contributed by atoms with Crippen LogP contribution in [0.1, 0.15) is 38.7 Å². The predicted molar refractivity (Wildman–Crippen MR) is 128 cm³/mol. The molecule has 2 rings (SSSR count). The second-order valence-electron chi connectivity index (χ2n) is 8.76. The summed E-state index contributed by atoms with van der Waals surface area (Å²) >= 11 is 4.03. The second kappa shape index (κ2) is 12.6. The number of benzene rings is 1. The number of likely N-dealkylation sites (tertiary alicyclic amines) is 1. The van der Waals surface area contributed by atoms with Gasteiger partial charge in [-0.25, -0.2) is 4.79 Å². The first-order chi connectivity index (χ1) is 15.6. The molecule has 1 aromatic carbocycles. The second-order valence-corrected chi connectivity index (χ2v) is 9.12. The van der Waals surface area contributed by atoms with Gasteiger partial charge in [0.15, 0.2) is 0 Å². The minimum absolute atomic E-state index is 0.114. The van der Waals surface area contributed by atoms with E-state index in [9.17, 15) is 24.3 Å². The van der Waals surface area contributed by atoms with Gasteiger partial charge in [-0.15, -0.1) is 0 Å². The fraction of sp³-hybridized carbons (Fsp3) is 0.565. The van der Waals surface area contributed by atoms with E-state index in [1.165, 1.54) is 4.90 Å². The molecular formula is C23H34N4O5S. The number of nitrogens with zero attached hydrogens (tertiary/aromatic N) is 1. The lowest BCUT2D eigenvalue weighted by atomic mass is 10.0. The molecule has 4 atom stereocenters. The first-order valence-electron chi connectivity index (χ1n) is 11.2. The van der Waals surface area contributed by atoms with E-state index in [-0.39, 0.29) is 24.0 Å².